The van der Waals surface area contributed by atoms with Crippen LogP contribution in [-0.2, 0) is 0 Å². The molecule has 2 rings (SSSR count). The van der Waals surface area contributed by atoms with Gasteiger partial charge in [0.2, 0.25) is 0 Å². The Morgan fingerprint density at radius 3 is 2.50 bits per heavy atom. The highest BCUT2D eigenvalue weighted by Gasteiger charge is 2.34. The lowest BCUT2D eigenvalue weighted by atomic mass is 10.2. The molecule has 0 unspecified atom stereocenters. The summed E-state index contributed by atoms with van der Waals surface area (Å²) in [7, 11) is 0. The molecule has 0 radical (unpaired) electrons. The second-order valence-electron chi connectivity index (χ2n) is 2.79. The molecule has 68 valence electrons. The summed E-state index contributed by atoms with van der Waals surface area (Å²) in [6, 6.07) is 4.44. The van der Waals surface area contributed by atoms with Crippen LogP contribution < -0.4 is 5.73 Å². The standard InChI is InChI=1S/C8H10N2.2ClH/c9-8-4-7(8)6-2-1-3-10-5-6;;/h1-3,5,7-8H,4,9H2;2*1H/t7-,8+;;/m1../s1. The first-order valence-corrected chi connectivity index (χ1v) is 3.53. The van der Waals surface area contributed by atoms with Crippen molar-refractivity contribution < 1.29 is 0 Å². The van der Waals surface area contributed by atoms with Gasteiger partial charge in [-0.3, -0.25) is 4.98 Å². The number of aromatic nitrogens is 1. The van der Waals surface area contributed by atoms with Gasteiger partial charge < -0.3 is 5.73 Å². The molecular formula is C8H12Cl2N2. The molecule has 1 saturated carbocycles. The predicted molar refractivity (Wildman–Crippen MR) is 54.1 cm³/mol. The molecule has 0 saturated heterocycles. The maximum atomic E-state index is 5.67. The summed E-state index contributed by atoms with van der Waals surface area (Å²) in [5, 5.41) is 0. The zero-order valence-electron chi connectivity index (χ0n) is 6.51. The van der Waals surface area contributed by atoms with Gasteiger partial charge in [-0.15, -0.1) is 24.8 Å². The second kappa shape index (κ2) is 4.65. The van der Waals surface area contributed by atoms with E-state index < -0.39 is 0 Å². The second-order valence-corrected chi connectivity index (χ2v) is 2.79. The third-order valence-corrected chi connectivity index (χ3v) is 1.95. The normalized spacial score (nSPS) is 25.1. The minimum atomic E-state index is 0. The van der Waals surface area contributed by atoms with Crippen LogP contribution >= 0.6 is 24.8 Å². The van der Waals surface area contributed by atoms with E-state index in [0.717, 1.165) is 6.42 Å². The number of nitrogens with zero attached hydrogens (tertiary/aromatic N) is 1. The predicted octanol–water partition coefficient (Wildman–Crippen LogP) is 1.74. The van der Waals surface area contributed by atoms with Crippen LogP contribution in [0.25, 0.3) is 0 Å². The highest BCUT2D eigenvalue weighted by Crippen LogP contribution is 2.38. The van der Waals surface area contributed by atoms with Gasteiger partial charge in [0.05, 0.1) is 0 Å². The van der Waals surface area contributed by atoms with Gasteiger partial charge in [0, 0.05) is 24.4 Å². The van der Waals surface area contributed by atoms with Crippen molar-refractivity contribution in [3.05, 3.63) is 30.1 Å². The molecular weight excluding hydrogens is 195 g/mol. The average molecular weight is 207 g/mol. The van der Waals surface area contributed by atoms with Crippen LogP contribution in [0.4, 0.5) is 0 Å². The van der Waals surface area contributed by atoms with Crippen molar-refractivity contribution in [2.24, 2.45) is 5.73 Å². The van der Waals surface area contributed by atoms with Gasteiger partial charge in [-0.05, 0) is 18.1 Å². The zero-order chi connectivity index (χ0) is 6.97. The Balaban J connectivity index is 0.000000605. The van der Waals surface area contributed by atoms with Crippen LogP contribution in [0.15, 0.2) is 24.5 Å². The number of pyridine rings is 1. The summed E-state index contributed by atoms with van der Waals surface area (Å²) in [6.07, 6.45) is 4.82. The van der Waals surface area contributed by atoms with Gasteiger partial charge in [0.15, 0.2) is 0 Å². The number of hydrogen-bond donors (Lipinski definition) is 1. The Hall–Kier alpha value is -0.310. The number of nitrogens with two attached hydrogens (primary N) is 1. The van der Waals surface area contributed by atoms with E-state index in [-0.39, 0.29) is 24.8 Å². The Bertz CT molecular complexity index is 228. The molecule has 2 N–H and O–H groups in total. The molecule has 1 aliphatic rings. The fourth-order valence-corrected chi connectivity index (χ4v) is 1.19. The Labute approximate surface area is 84.4 Å². The minimum Gasteiger partial charge on any atom is -0.327 e. The molecule has 0 amide bonds. The van der Waals surface area contributed by atoms with Crippen molar-refractivity contribution in [2.75, 3.05) is 0 Å². The number of hydrogen-bond acceptors (Lipinski definition) is 2. The molecule has 2 nitrogen and oxygen atoms in total. The monoisotopic (exact) mass is 206 g/mol. The lowest BCUT2D eigenvalue weighted by Gasteiger charge is -1.93. The van der Waals surface area contributed by atoms with Gasteiger partial charge in [-0.25, -0.2) is 0 Å². The van der Waals surface area contributed by atoms with E-state index in [1.807, 2.05) is 12.3 Å². The lowest BCUT2D eigenvalue weighted by molar-refractivity contribution is 0.981. The van der Waals surface area contributed by atoms with Crippen LogP contribution in [0, 0.1) is 0 Å². The van der Waals surface area contributed by atoms with Gasteiger partial charge >= 0.3 is 0 Å². The number of halogens is 2. The van der Waals surface area contributed by atoms with Crippen molar-refractivity contribution in [3.63, 3.8) is 0 Å². The first kappa shape index (κ1) is 11.7. The molecule has 1 aliphatic carbocycles. The molecule has 1 aromatic heterocycles. The van der Waals surface area contributed by atoms with Crippen molar-refractivity contribution in [1.82, 2.24) is 4.98 Å². The molecule has 0 bridgehead atoms. The highest BCUT2D eigenvalue weighted by atomic mass is 35.5. The molecule has 1 aromatic rings. The van der Waals surface area contributed by atoms with Crippen molar-refractivity contribution in [3.8, 4) is 0 Å². The van der Waals surface area contributed by atoms with Crippen molar-refractivity contribution in [2.45, 2.75) is 18.4 Å². The molecule has 1 heterocycles. The molecule has 12 heavy (non-hydrogen) atoms. The first-order chi connectivity index (χ1) is 4.88. The van der Waals surface area contributed by atoms with Crippen molar-refractivity contribution in [1.29, 1.82) is 0 Å². The SMILES string of the molecule is Cl.Cl.N[C@H]1C[C@@H]1c1cccnc1. The van der Waals surface area contributed by atoms with Crippen LogP contribution in [0.3, 0.4) is 0 Å². The maximum absolute atomic E-state index is 5.67. The van der Waals surface area contributed by atoms with E-state index >= 15 is 0 Å². The quantitative estimate of drug-likeness (QED) is 0.761. The third-order valence-electron chi connectivity index (χ3n) is 1.95. The Kier molecular flexibility index (Phi) is 4.53. The summed E-state index contributed by atoms with van der Waals surface area (Å²) in [6.45, 7) is 0. The van der Waals surface area contributed by atoms with Gasteiger partial charge in [0.1, 0.15) is 0 Å². The summed E-state index contributed by atoms with van der Waals surface area (Å²) in [5.41, 5.74) is 6.96. The molecule has 0 spiro atoms. The van der Waals surface area contributed by atoms with E-state index in [1.165, 1.54) is 5.56 Å². The van der Waals surface area contributed by atoms with Gasteiger partial charge in [-0.1, -0.05) is 6.07 Å². The van der Waals surface area contributed by atoms with E-state index in [1.54, 1.807) is 6.20 Å². The van der Waals surface area contributed by atoms with Crippen molar-refractivity contribution >= 4 is 24.8 Å². The molecule has 2 atom stereocenters. The fourth-order valence-electron chi connectivity index (χ4n) is 1.19. The van der Waals surface area contributed by atoms with Crippen LogP contribution in [0.2, 0.25) is 0 Å². The van der Waals surface area contributed by atoms with Gasteiger partial charge in [0.25, 0.3) is 0 Å². The molecule has 1 fully saturated rings. The van der Waals surface area contributed by atoms with Crippen LogP contribution in [0.1, 0.15) is 17.9 Å². The Morgan fingerprint density at radius 1 is 1.42 bits per heavy atom. The van der Waals surface area contributed by atoms with E-state index in [2.05, 4.69) is 11.1 Å². The summed E-state index contributed by atoms with van der Waals surface area (Å²) >= 11 is 0. The summed E-state index contributed by atoms with van der Waals surface area (Å²) in [4.78, 5) is 4.02. The minimum absolute atomic E-state index is 0. The smallest absolute Gasteiger partial charge is 0.0303 e. The average Bonchev–Trinajstić information content (AvgIpc) is 2.69. The highest BCUT2D eigenvalue weighted by molar-refractivity contribution is 5.85. The van der Waals surface area contributed by atoms with Gasteiger partial charge in [-0.2, -0.15) is 0 Å². The topological polar surface area (TPSA) is 38.9 Å². The van der Waals surface area contributed by atoms with Crippen LogP contribution in [-0.4, -0.2) is 11.0 Å². The lowest BCUT2D eigenvalue weighted by Crippen LogP contribution is -2.00. The maximum Gasteiger partial charge on any atom is 0.0303 e. The van der Waals surface area contributed by atoms with E-state index in [4.69, 9.17) is 5.73 Å². The molecule has 4 heteroatoms. The molecule has 0 aromatic carbocycles. The largest absolute Gasteiger partial charge is 0.327 e. The fraction of sp³-hybridized carbons (Fsp3) is 0.375. The first-order valence-electron chi connectivity index (χ1n) is 3.53. The summed E-state index contributed by atoms with van der Waals surface area (Å²) < 4.78 is 0. The van der Waals surface area contributed by atoms with Crippen LogP contribution in [0.5, 0.6) is 0 Å². The zero-order valence-corrected chi connectivity index (χ0v) is 8.15. The Morgan fingerprint density at radius 2 is 2.08 bits per heavy atom. The molecule has 0 aliphatic heterocycles. The third kappa shape index (κ3) is 2.34. The van der Waals surface area contributed by atoms with E-state index in [0.29, 0.717) is 12.0 Å². The van der Waals surface area contributed by atoms with E-state index in [9.17, 15) is 0 Å². The number of rotatable bonds is 1. The summed E-state index contributed by atoms with van der Waals surface area (Å²) in [5.74, 6) is 0.591.